The van der Waals surface area contributed by atoms with Gasteiger partial charge in [-0.1, -0.05) is 48.5 Å². The fraction of sp³-hybridized carbons (Fsp3) is 0.273. The maximum absolute atomic E-state index is 6.21. The summed E-state index contributed by atoms with van der Waals surface area (Å²) in [6, 6.07) is 23.0. The lowest BCUT2D eigenvalue weighted by Crippen LogP contribution is -2.37. The third kappa shape index (κ3) is 4.01. The average Bonchev–Trinajstić information content (AvgIpc) is 2.68. The minimum absolute atomic E-state index is 0.842. The first kappa shape index (κ1) is 16.1. The second kappa shape index (κ2) is 7.68. The number of nitrogens with zero attached hydrogens (tertiary/aromatic N) is 1. The van der Waals surface area contributed by atoms with Crippen LogP contribution < -0.4 is 4.74 Å². The van der Waals surface area contributed by atoms with E-state index in [1.165, 1.54) is 16.3 Å². The van der Waals surface area contributed by atoms with E-state index in [0.717, 1.165) is 50.8 Å². The minimum atomic E-state index is 0.842. The fourth-order valence-electron chi connectivity index (χ4n) is 3.27. The number of hydrogen-bond acceptors (Lipinski definition) is 3. The van der Waals surface area contributed by atoms with Crippen LogP contribution >= 0.6 is 0 Å². The molecule has 0 aliphatic carbocycles. The summed E-state index contributed by atoms with van der Waals surface area (Å²) in [5, 5.41) is 2.43. The summed E-state index contributed by atoms with van der Waals surface area (Å²) in [7, 11) is 0. The van der Waals surface area contributed by atoms with Crippen LogP contribution in [0, 0.1) is 0 Å². The van der Waals surface area contributed by atoms with Crippen LogP contribution in [-0.4, -0.2) is 37.7 Å². The zero-order valence-corrected chi connectivity index (χ0v) is 14.4. The van der Waals surface area contributed by atoms with Gasteiger partial charge in [0.1, 0.15) is 11.5 Å². The average molecular weight is 333 g/mol. The monoisotopic (exact) mass is 333 g/mol. The number of para-hydroxylation sites is 1. The third-order valence-electron chi connectivity index (χ3n) is 4.72. The van der Waals surface area contributed by atoms with Gasteiger partial charge in [-0.3, -0.25) is 4.90 Å². The molecule has 25 heavy (non-hydrogen) atoms. The molecule has 0 amide bonds. The Morgan fingerprint density at radius 2 is 1.60 bits per heavy atom. The van der Waals surface area contributed by atoms with Crippen molar-refractivity contribution in [3.63, 3.8) is 0 Å². The molecule has 1 fully saturated rings. The van der Waals surface area contributed by atoms with E-state index in [4.69, 9.17) is 9.47 Å². The van der Waals surface area contributed by atoms with Crippen molar-refractivity contribution >= 4 is 10.8 Å². The summed E-state index contributed by atoms with van der Waals surface area (Å²) in [5.41, 5.74) is 1.25. The summed E-state index contributed by atoms with van der Waals surface area (Å²) in [6.07, 6.45) is 0.990. The Kier molecular flexibility index (Phi) is 4.96. The minimum Gasteiger partial charge on any atom is -0.457 e. The van der Waals surface area contributed by atoms with Gasteiger partial charge in [-0.05, 0) is 41.0 Å². The van der Waals surface area contributed by atoms with Gasteiger partial charge in [0.25, 0.3) is 0 Å². The Hall–Kier alpha value is -2.36. The van der Waals surface area contributed by atoms with E-state index in [-0.39, 0.29) is 0 Å². The van der Waals surface area contributed by atoms with Gasteiger partial charge in [0.15, 0.2) is 0 Å². The summed E-state index contributed by atoms with van der Waals surface area (Å²) in [4.78, 5) is 2.45. The fourth-order valence-corrected chi connectivity index (χ4v) is 3.27. The quantitative estimate of drug-likeness (QED) is 0.686. The predicted octanol–water partition coefficient (Wildman–Crippen LogP) is 4.51. The van der Waals surface area contributed by atoms with Crippen molar-refractivity contribution < 1.29 is 9.47 Å². The van der Waals surface area contributed by atoms with Crippen LogP contribution in [0.5, 0.6) is 11.5 Å². The molecule has 3 aromatic rings. The van der Waals surface area contributed by atoms with E-state index < -0.39 is 0 Å². The molecule has 0 spiro atoms. The van der Waals surface area contributed by atoms with Crippen molar-refractivity contribution in [1.29, 1.82) is 0 Å². The molecule has 0 saturated carbocycles. The maximum atomic E-state index is 6.21. The smallest absolute Gasteiger partial charge is 0.130 e. The Balaban J connectivity index is 1.49. The predicted molar refractivity (Wildman–Crippen MR) is 101 cm³/mol. The highest BCUT2D eigenvalue weighted by atomic mass is 16.5. The second-order valence-electron chi connectivity index (χ2n) is 6.42. The number of ether oxygens (including phenoxy) is 2. The zero-order valence-electron chi connectivity index (χ0n) is 14.4. The van der Waals surface area contributed by atoms with Crippen LogP contribution in [0.3, 0.4) is 0 Å². The molecule has 3 aromatic carbocycles. The van der Waals surface area contributed by atoms with E-state index in [2.05, 4.69) is 59.5 Å². The first-order valence-corrected chi connectivity index (χ1v) is 8.93. The molecule has 1 aliphatic rings. The summed E-state index contributed by atoms with van der Waals surface area (Å²) in [6.45, 7) is 4.77. The standard InChI is InChI=1S/C22H23NO2/c1-2-7-20-17-21(10-9-18(20)5-1)25-22-8-4-3-6-19(22)11-12-23-13-15-24-16-14-23/h1-10,17H,11-16H2. The van der Waals surface area contributed by atoms with Gasteiger partial charge in [0.2, 0.25) is 0 Å². The lowest BCUT2D eigenvalue weighted by atomic mass is 10.1. The Labute approximate surface area is 148 Å². The van der Waals surface area contributed by atoms with Crippen LogP contribution in [0.2, 0.25) is 0 Å². The molecule has 1 aliphatic heterocycles. The molecular formula is C22H23NO2. The van der Waals surface area contributed by atoms with E-state index in [9.17, 15) is 0 Å². The molecule has 0 aromatic heterocycles. The molecule has 4 rings (SSSR count). The van der Waals surface area contributed by atoms with Gasteiger partial charge in [-0.2, -0.15) is 0 Å². The molecule has 0 N–H and O–H groups in total. The van der Waals surface area contributed by atoms with E-state index >= 15 is 0 Å². The largest absolute Gasteiger partial charge is 0.457 e. The highest BCUT2D eigenvalue weighted by Crippen LogP contribution is 2.28. The molecule has 0 unspecified atom stereocenters. The second-order valence-corrected chi connectivity index (χ2v) is 6.42. The van der Waals surface area contributed by atoms with Crippen molar-refractivity contribution in [3.05, 3.63) is 72.3 Å². The highest BCUT2D eigenvalue weighted by Gasteiger charge is 2.12. The molecule has 1 saturated heterocycles. The van der Waals surface area contributed by atoms with Gasteiger partial charge in [0.05, 0.1) is 13.2 Å². The maximum Gasteiger partial charge on any atom is 0.130 e. The van der Waals surface area contributed by atoms with Crippen LogP contribution in [0.1, 0.15) is 5.56 Å². The normalized spacial score (nSPS) is 15.4. The molecule has 0 bridgehead atoms. The number of morpholine rings is 1. The Morgan fingerprint density at radius 1 is 0.840 bits per heavy atom. The molecule has 3 nitrogen and oxygen atoms in total. The Bertz CT molecular complexity index is 840. The highest BCUT2D eigenvalue weighted by molar-refractivity contribution is 5.83. The van der Waals surface area contributed by atoms with Crippen LogP contribution in [0.4, 0.5) is 0 Å². The summed E-state index contributed by atoms with van der Waals surface area (Å²) < 4.78 is 11.6. The van der Waals surface area contributed by atoms with Gasteiger partial charge in [-0.25, -0.2) is 0 Å². The van der Waals surface area contributed by atoms with Crippen LogP contribution in [0.25, 0.3) is 10.8 Å². The molecular weight excluding hydrogens is 310 g/mol. The third-order valence-corrected chi connectivity index (χ3v) is 4.72. The van der Waals surface area contributed by atoms with Crippen molar-refractivity contribution in [2.45, 2.75) is 6.42 Å². The zero-order chi connectivity index (χ0) is 16.9. The topological polar surface area (TPSA) is 21.7 Å². The first-order valence-electron chi connectivity index (χ1n) is 8.93. The SMILES string of the molecule is c1ccc(Oc2ccc3ccccc3c2)c(CCN2CCOCC2)c1. The number of hydrogen-bond donors (Lipinski definition) is 0. The molecule has 128 valence electrons. The molecule has 0 atom stereocenters. The lowest BCUT2D eigenvalue weighted by molar-refractivity contribution is 0.0384. The molecule has 0 radical (unpaired) electrons. The lowest BCUT2D eigenvalue weighted by Gasteiger charge is -2.26. The number of benzene rings is 3. The van der Waals surface area contributed by atoms with Crippen molar-refractivity contribution in [3.8, 4) is 11.5 Å². The first-order chi connectivity index (χ1) is 12.4. The van der Waals surface area contributed by atoms with E-state index in [1.807, 2.05) is 12.1 Å². The van der Waals surface area contributed by atoms with Gasteiger partial charge in [0, 0.05) is 19.6 Å². The van der Waals surface area contributed by atoms with E-state index in [0.29, 0.717) is 0 Å². The van der Waals surface area contributed by atoms with Gasteiger partial charge in [-0.15, -0.1) is 0 Å². The van der Waals surface area contributed by atoms with Gasteiger partial charge >= 0.3 is 0 Å². The summed E-state index contributed by atoms with van der Waals surface area (Å²) >= 11 is 0. The van der Waals surface area contributed by atoms with Crippen LogP contribution in [-0.2, 0) is 11.2 Å². The molecule has 1 heterocycles. The summed E-state index contributed by atoms with van der Waals surface area (Å²) in [5.74, 6) is 1.84. The van der Waals surface area contributed by atoms with Gasteiger partial charge < -0.3 is 9.47 Å². The van der Waals surface area contributed by atoms with Crippen molar-refractivity contribution in [2.75, 3.05) is 32.8 Å². The van der Waals surface area contributed by atoms with Crippen LogP contribution in [0.15, 0.2) is 66.7 Å². The number of fused-ring (bicyclic) bond motifs is 1. The number of rotatable bonds is 5. The van der Waals surface area contributed by atoms with Crippen molar-refractivity contribution in [2.24, 2.45) is 0 Å². The van der Waals surface area contributed by atoms with E-state index in [1.54, 1.807) is 0 Å². The molecule has 3 heteroatoms. The Morgan fingerprint density at radius 3 is 2.48 bits per heavy atom. The van der Waals surface area contributed by atoms with Crippen molar-refractivity contribution in [1.82, 2.24) is 4.90 Å².